The minimum Gasteiger partial charge on any atom is -0.355 e. The van der Waals surface area contributed by atoms with Gasteiger partial charge in [-0.3, -0.25) is 4.79 Å². The van der Waals surface area contributed by atoms with E-state index in [2.05, 4.69) is 34.9 Å². The molecule has 1 unspecified atom stereocenters. The minimum atomic E-state index is 0. The Balaban J connectivity index is 0.00000200. The largest absolute Gasteiger partial charge is 0.355 e. The third-order valence-corrected chi connectivity index (χ3v) is 4.26. The molecule has 1 aliphatic rings. The molecule has 3 nitrogen and oxygen atoms in total. The van der Waals surface area contributed by atoms with Gasteiger partial charge in [-0.15, -0.1) is 12.4 Å². The van der Waals surface area contributed by atoms with Crippen LogP contribution in [0.15, 0.2) is 30.3 Å². The highest BCUT2D eigenvalue weighted by Gasteiger charge is 2.38. The van der Waals surface area contributed by atoms with Crippen LogP contribution in [0.1, 0.15) is 31.7 Å². The maximum Gasteiger partial charge on any atom is 0.224 e. The van der Waals surface area contributed by atoms with Crippen molar-refractivity contribution in [3.8, 4) is 0 Å². The summed E-state index contributed by atoms with van der Waals surface area (Å²) in [6, 6.07) is 10.6. The summed E-state index contributed by atoms with van der Waals surface area (Å²) < 4.78 is 0. The van der Waals surface area contributed by atoms with Gasteiger partial charge in [0, 0.05) is 24.4 Å². The fourth-order valence-electron chi connectivity index (χ4n) is 2.79. The molecule has 0 aliphatic heterocycles. The van der Waals surface area contributed by atoms with Crippen molar-refractivity contribution in [1.82, 2.24) is 10.6 Å². The molecule has 1 aromatic rings. The number of hydrogen-bond acceptors (Lipinski definition) is 2. The Morgan fingerprint density at radius 2 is 1.95 bits per heavy atom. The Kier molecular flexibility index (Phi) is 6.50. The lowest BCUT2D eigenvalue weighted by Crippen LogP contribution is -2.47. The van der Waals surface area contributed by atoms with Crippen LogP contribution in [0.2, 0.25) is 0 Å². The molecule has 20 heavy (non-hydrogen) atoms. The van der Waals surface area contributed by atoms with Gasteiger partial charge in [0.15, 0.2) is 0 Å². The molecular formula is C16H25ClN2O. The molecule has 1 atom stereocenters. The van der Waals surface area contributed by atoms with Gasteiger partial charge in [-0.25, -0.2) is 0 Å². The smallest absolute Gasteiger partial charge is 0.224 e. The SMILES string of the molecule is CNCC(C)C(=O)NCC1(c2ccccc2)CCC1.Cl. The lowest BCUT2D eigenvalue weighted by Gasteiger charge is -2.42. The van der Waals surface area contributed by atoms with Crippen LogP contribution in [0.4, 0.5) is 0 Å². The van der Waals surface area contributed by atoms with Gasteiger partial charge < -0.3 is 10.6 Å². The van der Waals surface area contributed by atoms with Crippen molar-refractivity contribution in [2.24, 2.45) is 5.92 Å². The fraction of sp³-hybridized carbons (Fsp3) is 0.562. The number of carbonyl (C=O) groups is 1. The maximum atomic E-state index is 12.0. The summed E-state index contributed by atoms with van der Waals surface area (Å²) in [7, 11) is 1.88. The lowest BCUT2D eigenvalue weighted by atomic mass is 9.64. The van der Waals surface area contributed by atoms with Crippen LogP contribution in [0, 0.1) is 5.92 Å². The van der Waals surface area contributed by atoms with Gasteiger partial charge in [-0.05, 0) is 25.5 Å². The zero-order chi connectivity index (χ0) is 13.7. The van der Waals surface area contributed by atoms with Crippen LogP contribution in [0.3, 0.4) is 0 Å². The summed E-state index contributed by atoms with van der Waals surface area (Å²) in [5.74, 6) is 0.175. The monoisotopic (exact) mass is 296 g/mol. The first-order valence-corrected chi connectivity index (χ1v) is 7.16. The Bertz CT molecular complexity index is 418. The molecule has 1 fully saturated rings. The van der Waals surface area contributed by atoms with E-state index >= 15 is 0 Å². The van der Waals surface area contributed by atoms with Gasteiger partial charge >= 0.3 is 0 Å². The predicted octanol–water partition coefficient (Wildman–Crippen LogP) is 2.50. The molecule has 2 rings (SSSR count). The highest BCUT2D eigenvalue weighted by atomic mass is 35.5. The summed E-state index contributed by atoms with van der Waals surface area (Å²) in [4.78, 5) is 12.0. The van der Waals surface area contributed by atoms with Crippen molar-refractivity contribution in [3.05, 3.63) is 35.9 Å². The number of amides is 1. The average molecular weight is 297 g/mol. The first kappa shape index (κ1) is 17.0. The molecule has 0 spiro atoms. The molecule has 2 N–H and O–H groups in total. The van der Waals surface area contributed by atoms with E-state index in [0.29, 0.717) is 0 Å². The number of nitrogens with one attached hydrogen (secondary N) is 2. The van der Waals surface area contributed by atoms with Gasteiger partial charge in [0.05, 0.1) is 0 Å². The van der Waals surface area contributed by atoms with Gasteiger partial charge in [0.25, 0.3) is 0 Å². The fourth-order valence-corrected chi connectivity index (χ4v) is 2.79. The molecule has 0 radical (unpaired) electrons. The number of rotatable bonds is 6. The summed E-state index contributed by atoms with van der Waals surface area (Å²) >= 11 is 0. The molecule has 0 heterocycles. The highest BCUT2D eigenvalue weighted by Crippen LogP contribution is 2.43. The number of benzene rings is 1. The summed E-state index contributed by atoms with van der Waals surface area (Å²) in [6.45, 7) is 3.45. The molecule has 1 aromatic carbocycles. The van der Waals surface area contributed by atoms with E-state index in [1.54, 1.807) is 0 Å². The van der Waals surface area contributed by atoms with Crippen LogP contribution in [0.25, 0.3) is 0 Å². The van der Waals surface area contributed by atoms with E-state index in [4.69, 9.17) is 0 Å². The van der Waals surface area contributed by atoms with Crippen molar-refractivity contribution in [1.29, 1.82) is 0 Å². The van der Waals surface area contributed by atoms with Crippen LogP contribution in [0.5, 0.6) is 0 Å². The predicted molar refractivity (Wildman–Crippen MR) is 85.3 cm³/mol. The summed E-state index contributed by atoms with van der Waals surface area (Å²) in [5.41, 5.74) is 1.54. The molecule has 1 saturated carbocycles. The topological polar surface area (TPSA) is 41.1 Å². The van der Waals surface area contributed by atoms with Gasteiger partial charge in [-0.1, -0.05) is 43.7 Å². The quantitative estimate of drug-likeness (QED) is 0.847. The molecule has 1 aliphatic carbocycles. The van der Waals surface area contributed by atoms with Crippen molar-refractivity contribution >= 4 is 18.3 Å². The summed E-state index contributed by atoms with van der Waals surface area (Å²) in [5, 5.41) is 6.17. The summed E-state index contributed by atoms with van der Waals surface area (Å²) in [6.07, 6.45) is 3.62. The maximum absolute atomic E-state index is 12.0. The van der Waals surface area contributed by atoms with E-state index in [1.165, 1.54) is 24.8 Å². The van der Waals surface area contributed by atoms with E-state index in [9.17, 15) is 4.79 Å². The van der Waals surface area contributed by atoms with Crippen molar-refractivity contribution in [2.75, 3.05) is 20.1 Å². The lowest BCUT2D eigenvalue weighted by molar-refractivity contribution is -0.124. The van der Waals surface area contributed by atoms with Crippen molar-refractivity contribution in [3.63, 3.8) is 0 Å². The Labute approximate surface area is 127 Å². The number of carbonyl (C=O) groups excluding carboxylic acids is 1. The van der Waals surface area contributed by atoms with E-state index in [0.717, 1.165) is 13.1 Å². The van der Waals surface area contributed by atoms with E-state index < -0.39 is 0 Å². The number of hydrogen-bond donors (Lipinski definition) is 2. The minimum absolute atomic E-state index is 0. The Morgan fingerprint density at radius 1 is 1.30 bits per heavy atom. The zero-order valence-electron chi connectivity index (χ0n) is 12.3. The van der Waals surface area contributed by atoms with Crippen LogP contribution in [-0.4, -0.2) is 26.0 Å². The Hall–Kier alpha value is -1.06. The standard InChI is InChI=1S/C16H24N2O.ClH/c1-13(11-17-2)15(19)18-12-16(9-6-10-16)14-7-4-3-5-8-14;/h3-5,7-8,13,17H,6,9-12H2,1-2H3,(H,18,19);1H. The van der Waals surface area contributed by atoms with E-state index in [-0.39, 0.29) is 29.6 Å². The third kappa shape index (κ3) is 3.74. The average Bonchev–Trinajstić information content (AvgIpc) is 2.39. The zero-order valence-corrected chi connectivity index (χ0v) is 13.1. The molecule has 0 aromatic heterocycles. The molecule has 0 saturated heterocycles. The van der Waals surface area contributed by atoms with E-state index in [1.807, 2.05) is 20.0 Å². The van der Waals surface area contributed by atoms with Crippen LogP contribution < -0.4 is 10.6 Å². The second-order valence-electron chi connectivity index (χ2n) is 5.68. The third-order valence-electron chi connectivity index (χ3n) is 4.26. The molecule has 4 heteroatoms. The molecule has 112 valence electrons. The highest BCUT2D eigenvalue weighted by molar-refractivity contribution is 5.85. The van der Waals surface area contributed by atoms with Crippen molar-refractivity contribution in [2.45, 2.75) is 31.6 Å². The second kappa shape index (κ2) is 7.65. The van der Waals surface area contributed by atoms with Crippen LogP contribution >= 0.6 is 12.4 Å². The van der Waals surface area contributed by atoms with Gasteiger partial charge in [0.1, 0.15) is 0 Å². The normalized spacial score (nSPS) is 17.5. The second-order valence-corrected chi connectivity index (χ2v) is 5.68. The van der Waals surface area contributed by atoms with Crippen LogP contribution in [-0.2, 0) is 10.2 Å². The molecular weight excluding hydrogens is 272 g/mol. The number of halogens is 1. The molecule has 0 bridgehead atoms. The van der Waals surface area contributed by atoms with Gasteiger partial charge in [-0.2, -0.15) is 0 Å². The first-order chi connectivity index (χ1) is 9.18. The Morgan fingerprint density at radius 3 is 2.45 bits per heavy atom. The molecule has 1 amide bonds. The van der Waals surface area contributed by atoms with Gasteiger partial charge in [0.2, 0.25) is 5.91 Å². The first-order valence-electron chi connectivity index (χ1n) is 7.16. The van der Waals surface area contributed by atoms with Crippen molar-refractivity contribution < 1.29 is 4.79 Å².